The smallest absolute Gasteiger partial charge is 0.319 e. The van der Waals surface area contributed by atoms with Gasteiger partial charge in [0.25, 0.3) is 0 Å². The first-order valence-electron chi connectivity index (χ1n) is 9.62. The molecule has 1 saturated carbocycles. The van der Waals surface area contributed by atoms with Crippen molar-refractivity contribution in [3.63, 3.8) is 0 Å². The number of rotatable bonds is 4. The van der Waals surface area contributed by atoms with Gasteiger partial charge in [-0.25, -0.2) is 4.79 Å². The normalized spacial score (nSPS) is 20.2. The van der Waals surface area contributed by atoms with Gasteiger partial charge in [-0.1, -0.05) is 25.3 Å². The van der Waals surface area contributed by atoms with Gasteiger partial charge in [-0.15, -0.1) is 0 Å². The Kier molecular flexibility index (Phi) is 6.19. The zero-order valence-corrected chi connectivity index (χ0v) is 15.5. The van der Waals surface area contributed by atoms with Crippen molar-refractivity contribution in [2.45, 2.75) is 64.0 Å². The number of urea groups is 1. The number of piperidine rings is 1. The zero-order valence-electron chi connectivity index (χ0n) is 15.5. The zero-order chi connectivity index (χ0) is 17.6. The van der Waals surface area contributed by atoms with E-state index in [9.17, 15) is 4.79 Å². The van der Waals surface area contributed by atoms with E-state index < -0.39 is 0 Å². The highest BCUT2D eigenvalue weighted by Gasteiger charge is 2.26. The minimum absolute atomic E-state index is 0.140. The molecule has 0 aromatic heterocycles. The van der Waals surface area contributed by atoms with Crippen LogP contribution in [0.1, 0.15) is 50.5 Å². The summed E-state index contributed by atoms with van der Waals surface area (Å²) in [7, 11) is 1.62. The minimum atomic E-state index is -0.140. The number of hydrogen-bond acceptors (Lipinski definition) is 3. The van der Waals surface area contributed by atoms with Gasteiger partial charge >= 0.3 is 6.03 Å². The van der Waals surface area contributed by atoms with E-state index in [2.05, 4.69) is 15.5 Å². The van der Waals surface area contributed by atoms with E-state index in [1.807, 2.05) is 25.1 Å². The van der Waals surface area contributed by atoms with Gasteiger partial charge in [-0.05, 0) is 50.3 Å². The molecule has 2 N–H and O–H groups in total. The van der Waals surface area contributed by atoms with Gasteiger partial charge < -0.3 is 20.3 Å². The minimum Gasteiger partial charge on any atom is -0.495 e. The van der Waals surface area contributed by atoms with Crippen LogP contribution >= 0.6 is 0 Å². The van der Waals surface area contributed by atoms with Crippen LogP contribution in [0.2, 0.25) is 0 Å². The SMILES string of the molecule is COc1cc(C)ccc1NC(=O)NC1CCN(C2CCCCC2)CC1. The summed E-state index contributed by atoms with van der Waals surface area (Å²) < 4.78 is 5.35. The van der Waals surface area contributed by atoms with Crippen LogP contribution in [0.3, 0.4) is 0 Å². The molecule has 1 saturated heterocycles. The fourth-order valence-electron chi connectivity index (χ4n) is 4.10. The van der Waals surface area contributed by atoms with Crippen LogP contribution in [-0.2, 0) is 0 Å². The summed E-state index contributed by atoms with van der Waals surface area (Å²) in [5.41, 5.74) is 1.82. The number of likely N-dealkylation sites (tertiary alicyclic amines) is 1. The standard InChI is InChI=1S/C20H31N3O2/c1-15-8-9-18(19(14-15)25-2)22-20(24)21-16-10-12-23(13-11-16)17-6-4-3-5-7-17/h8-9,14,16-17H,3-7,10-13H2,1-2H3,(H2,21,22,24). The number of aryl methyl sites for hydroxylation is 1. The second-order valence-electron chi connectivity index (χ2n) is 7.40. The Bertz CT molecular complexity index is 576. The van der Waals surface area contributed by atoms with E-state index in [1.54, 1.807) is 7.11 Å². The molecular weight excluding hydrogens is 314 g/mol. The predicted octanol–water partition coefficient (Wildman–Crippen LogP) is 3.92. The van der Waals surface area contributed by atoms with Crippen LogP contribution in [0.4, 0.5) is 10.5 Å². The highest BCUT2D eigenvalue weighted by molar-refractivity contribution is 5.91. The van der Waals surface area contributed by atoms with E-state index in [4.69, 9.17) is 4.74 Å². The van der Waals surface area contributed by atoms with Crippen molar-refractivity contribution in [2.75, 3.05) is 25.5 Å². The molecule has 0 unspecified atom stereocenters. The molecule has 5 heteroatoms. The first kappa shape index (κ1) is 18.1. The molecular formula is C20H31N3O2. The second-order valence-corrected chi connectivity index (χ2v) is 7.40. The molecule has 138 valence electrons. The lowest BCUT2D eigenvalue weighted by molar-refractivity contribution is 0.117. The fourth-order valence-corrected chi connectivity index (χ4v) is 4.10. The Balaban J connectivity index is 1.46. The van der Waals surface area contributed by atoms with Crippen molar-refractivity contribution in [3.05, 3.63) is 23.8 Å². The average Bonchev–Trinajstić information content (AvgIpc) is 2.64. The number of amides is 2. The summed E-state index contributed by atoms with van der Waals surface area (Å²) in [5, 5.41) is 6.05. The van der Waals surface area contributed by atoms with Crippen LogP contribution in [0.15, 0.2) is 18.2 Å². The third-order valence-corrected chi connectivity index (χ3v) is 5.56. The number of carbonyl (C=O) groups is 1. The van der Waals surface area contributed by atoms with E-state index in [1.165, 1.54) is 32.1 Å². The van der Waals surface area contributed by atoms with Gasteiger partial charge in [-0.2, -0.15) is 0 Å². The first-order chi connectivity index (χ1) is 12.2. The number of methoxy groups -OCH3 is 1. The van der Waals surface area contributed by atoms with E-state index in [0.717, 1.165) is 37.5 Å². The Labute approximate surface area is 151 Å². The lowest BCUT2D eigenvalue weighted by atomic mass is 9.92. The van der Waals surface area contributed by atoms with E-state index >= 15 is 0 Å². The Morgan fingerprint density at radius 3 is 2.52 bits per heavy atom. The molecule has 0 spiro atoms. The maximum atomic E-state index is 12.3. The average molecular weight is 345 g/mol. The highest BCUT2D eigenvalue weighted by atomic mass is 16.5. The molecule has 1 heterocycles. The molecule has 2 aliphatic rings. The number of hydrogen-bond donors (Lipinski definition) is 2. The lowest BCUT2D eigenvalue weighted by Crippen LogP contribution is -2.49. The van der Waals surface area contributed by atoms with Crippen LogP contribution in [0.5, 0.6) is 5.75 Å². The van der Waals surface area contributed by atoms with Crippen LogP contribution in [0.25, 0.3) is 0 Å². The van der Waals surface area contributed by atoms with Crippen LogP contribution < -0.4 is 15.4 Å². The quantitative estimate of drug-likeness (QED) is 0.869. The fraction of sp³-hybridized carbons (Fsp3) is 0.650. The van der Waals surface area contributed by atoms with Gasteiger partial charge in [0.05, 0.1) is 12.8 Å². The number of ether oxygens (including phenoxy) is 1. The molecule has 1 aliphatic heterocycles. The van der Waals surface area contributed by atoms with Crippen molar-refractivity contribution in [3.8, 4) is 5.75 Å². The van der Waals surface area contributed by atoms with Crippen molar-refractivity contribution in [1.82, 2.24) is 10.2 Å². The van der Waals surface area contributed by atoms with Crippen molar-refractivity contribution >= 4 is 11.7 Å². The first-order valence-corrected chi connectivity index (χ1v) is 9.62. The largest absolute Gasteiger partial charge is 0.495 e. The summed E-state index contributed by atoms with van der Waals surface area (Å²) in [4.78, 5) is 15.0. The third-order valence-electron chi connectivity index (χ3n) is 5.56. The molecule has 2 amide bonds. The molecule has 5 nitrogen and oxygen atoms in total. The summed E-state index contributed by atoms with van der Waals surface area (Å²) in [6.07, 6.45) is 8.94. The van der Waals surface area contributed by atoms with Crippen LogP contribution in [-0.4, -0.2) is 43.2 Å². The van der Waals surface area contributed by atoms with E-state index in [-0.39, 0.29) is 12.1 Å². The second kappa shape index (κ2) is 8.56. The van der Waals surface area contributed by atoms with Gasteiger partial charge in [0, 0.05) is 25.2 Å². The Morgan fingerprint density at radius 1 is 1.12 bits per heavy atom. The van der Waals surface area contributed by atoms with Crippen molar-refractivity contribution < 1.29 is 9.53 Å². The molecule has 0 radical (unpaired) electrons. The molecule has 0 atom stereocenters. The van der Waals surface area contributed by atoms with Gasteiger partial charge in [0.1, 0.15) is 5.75 Å². The molecule has 0 bridgehead atoms. The predicted molar refractivity (Wildman–Crippen MR) is 101 cm³/mol. The van der Waals surface area contributed by atoms with Crippen molar-refractivity contribution in [2.24, 2.45) is 0 Å². The number of nitrogens with zero attached hydrogens (tertiary/aromatic N) is 1. The lowest BCUT2D eigenvalue weighted by Gasteiger charge is -2.39. The molecule has 1 aliphatic carbocycles. The summed E-state index contributed by atoms with van der Waals surface area (Å²) >= 11 is 0. The molecule has 25 heavy (non-hydrogen) atoms. The molecule has 2 fully saturated rings. The van der Waals surface area contributed by atoms with E-state index in [0.29, 0.717) is 11.4 Å². The molecule has 1 aromatic rings. The summed E-state index contributed by atoms with van der Waals surface area (Å²) in [5.74, 6) is 0.697. The maximum absolute atomic E-state index is 12.3. The van der Waals surface area contributed by atoms with Crippen molar-refractivity contribution in [1.29, 1.82) is 0 Å². The summed E-state index contributed by atoms with van der Waals surface area (Å²) in [6.45, 7) is 4.21. The van der Waals surface area contributed by atoms with Gasteiger partial charge in [0.2, 0.25) is 0 Å². The monoisotopic (exact) mass is 345 g/mol. The number of carbonyl (C=O) groups excluding carboxylic acids is 1. The Morgan fingerprint density at radius 2 is 1.84 bits per heavy atom. The number of anilines is 1. The maximum Gasteiger partial charge on any atom is 0.319 e. The molecule has 1 aromatic carbocycles. The topological polar surface area (TPSA) is 53.6 Å². The number of nitrogens with one attached hydrogen (secondary N) is 2. The van der Waals surface area contributed by atoms with Crippen LogP contribution in [0, 0.1) is 6.92 Å². The highest BCUT2D eigenvalue weighted by Crippen LogP contribution is 2.26. The summed E-state index contributed by atoms with van der Waals surface area (Å²) in [6, 6.07) is 6.69. The molecule has 3 rings (SSSR count). The van der Waals surface area contributed by atoms with Gasteiger partial charge in [0.15, 0.2) is 0 Å². The Hall–Kier alpha value is -1.75. The number of benzene rings is 1. The third kappa shape index (κ3) is 4.88. The van der Waals surface area contributed by atoms with Gasteiger partial charge in [-0.3, -0.25) is 0 Å².